The van der Waals surface area contributed by atoms with Crippen molar-refractivity contribution in [1.82, 2.24) is 0 Å². The maximum Gasteiger partial charge on any atom is 0.383 e. The molecule has 3 aromatic carbocycles. The first-order valence-corrected chi connectivity index (χ1v) is 9.87. The zero-order chi connectivity index (χ0) is 18.6. The SMILES string of the molecule is CCO[P@@](=O)(Cc1ccc2ccccc2c1)Oc1ccc([N+](=O)[O-])cc1. The largest absolute Gasteiger partial charge is 0.424 e. The molecule has 3 aromatic rings. The minimum Gasteiger partial charge on any atom is -0.424 e. The van der Waals surface area contributed by atoms with Crippen LogP contribution in [0.5, 0.6) is 5.75 Å². The van der Waals surface area contributed by atoms with Crippen LogP contribution < -0.4 is 4.52 Å². The van der Waals surface area contributed by atoms with Crippen LogP contribution in [0.25, 0.3) is 10.8 Å². The van der Waals surface area contributed by atoms with Crippen LogP contribution in [0.2, 0.25) is 0 Å². The van der Waals surface area contributed by atoms with E-state index in [1.807, 2.05) is 42.5 Å². The minimum atomic E-state index is -3.45. The number of non-ortho nitro benzene ring substituents is 1. The van der Waals surface area contributed by atoms with Crippen LogP contribution in [-0.4, -0.2) is 11.5 Å². The van der Waals surface area contributed by atoms with Crippen molar-refractivity contribution in [1.29, 1.82) is 0 Å². The van der Waals surface area contributed by atoms with Crippen molar-refractivity contribution in [2.24, 2.45) is 0 Å². The molecule has 0 aliphatic heterocycles. The van der Waals surface area contributed by atoms with Gasteiger partial charge in [0.05, 0.1) is 17.7 Å². The lowest BCUT2D eigenvalue weighted by Crippen LogP contribution is -2.02. The molecule has 0 bridgehead atoms. The van der Waals surface area contributed by atoms with E-state index >= 15 is 0 Å². The molecule has 0 saturated carbocycles. The molecule has 0 radical (unpaired) electrons. The van der Waals surface area contributed by atoms with E-state index in [4.69, 9.17) is 9.05 Å². The second-order valence-electron chi connectivity index (χ2n) is 5.71. The van der Waals surface area contributed by atoms with Crippen LogP contribution in [0, 0.1) is 10.1 Å². The van der Waals surface area contributed by atoms with E-state index in [2.05, 4.69) is 0 Å². The van der Waals surface area contributed by atoms with Crippen molar-refractivity contribution >= 4 is 24.1 Å². The monoisotopic (exact) mass is 371 g/mol. The highest BCUT2D eigenvalue weighted by atomic mass is 31.2. The lowest BCUT2D eigenvalue weighted by molar-refractivity contribution is -0.384. The summed E-state index contributed by atoms with van der Waals surface area (Å²) < 4.78 is 24.2. The molecule has 0 fully saturated rings. The van der Waals surface area contributed by atoms with Crippen molar-refractivity contribution in [3.05, 3.63) is 82.4 Å². The Morgan fingerprint density at radius 3 is 2.35 bits per heavy atom. The molecule has 0 aromatic heterocycles. The number of fused-ring (bicyclic) bond motifs is 1. The van der Waals surface area contributed by atoms with Gasteiger partial charge in [0.15, 0.2) is 0 Å². The maximum atomic E-state index is 13.1. The Bertz CT molecular complexity index is 971. The van der Waals surface area contributed by atoms with Crippen molar-refractivity contribution in [3.63, 3.8) is 0 Å². The van der Waals surface area contributed by atoms with Gasteiger partial charge in [-0.3, -0.25) is 14.6 Å². The molecule has 0 spiro atoms. The van der Waals surface area contributed by atoms with Crippen LogP contribution >= 0.6 is 7.60 Å². The molecular formula is C19H18NO5P. The predicted molar refractivity (Wildman–Crippen MR) is 101 cm³/mol. The molecule has 0 aliphatic carbocycles. The highest BCUT2D eigenvalue weighted by molar-refractivity contribution is 7.53. The van der Waals surface area contributed by atoms with E-state index < -0.39 is 12.5 Å². The number of hydrogen-bond acceptors (Lipinski definition) is 5. The number of nitro benzene ring substituents is 1. The van der Waals surface area contributed by atoms with E-state index in [0.29, 0.717) is 0 Å². The molecular weight excluding hydrogens is 353 g/mol. The van der Waals surface area contributed by atoms with Crippen molar-refractivity contribution in [2.45, 2.75) is 13.1 Å². The maximum absolute atomic E-state index is 13.1. The van der Waals surface area contributed by atoms with Gasteiger partial charge in [-0.25, -0.2) is 4.57 Å². The van der Waals surface area contributed by atoms with Crippen LogP contribution in [0.15, 0.2) is 66.7 Å². The Balaban J connectivity index is 1.83. The Kier molecular flexibility index (Phi) is 5.35. The van der Waals surface area contributed by atoms with Crippen molar-refractivity contribution in [2.75, 3.05) is 6.61 Å². The first kappa shape index (κ1) is 18.1. The number of nitro groups is 1. The summed E-state index contributed by atoms with van der Waals surface area (Å²) in [6.07, 6.45) is 0.114. The lowest BCUT2D eigenvalue weighted by atomic mass is 10.1. The molecule has 1 atom stereocenters. The van der Waals surface area contributed by atoms with Gasteiger partial charge in [-0.15, -0.1) is 0 Å². The molecule has 6 nitrogen and oxygen atoms in total. The highest BCUT2D eigenvalue weighted by Gasteiger charge is 2.27. The molecule has 7 heteroatoms. The van der Waals surface area contributed by atoms with Gasteiger partial charge in [0.2, 0.25) is 0 Å². The summed E-state index contributed by atoms with van der Waals surface area (Å²) in [6.45, 7) is 1.98. The fourth-order valence-electron chi connectivity index (χ4n) is 2.65. The highest BCUT2D eigenvalue weighted by Crippen LogP contribution is 2.51. The number of hydrogen-bond donors (Lipinski definition) is 0. The number of rotatable bonds is 7. The molecule has 134 valence electrons. The third-order valence-electron chi connectivity index (χ3n) is 3.81. The smallest absolute Gasteiger partial charge is 0.383 e. The first-order valence-electron chi connectivity index (χ1n) is 8.14. The molecule has 0 N–H and O–H groups in total. The fraction of sp³-hybridized carbons (Fsp3) is 0.158. The summed E-state index contributed by atoms with van der Waals surface area (Å²) in [5, 5.41) is 12.9. The summed E-state index contributed by atoms with van der Waals surface area (Å²) in [6, 6.07) is 19.2. The second kappa shape index (κ2) is 7.68. The Morgan fingerprint density at radius 2 is 1.69 bits per heavy atom. The standard InChI is InChI=1S/C19H18NO5P/c1-2-24-26(23,25-19-11-9-18(10-12-19)20(21)22)14-15-7-8-16-5-3-4-6-17(16)13-15/h3-13H,2,14H2,1H3/t26-/m0/s1. The van der Waals surface area contributed by atoms with Crippen LogP contribution in [0.3, 0.4) is 0 Å². The van der Waals surface area contributed by atoms with Gasteiger partial charge in [-0.2, -0.15) is 0 Å². The summed E-state index contributed by atoms with van der Waals surface area (Å²) in [5.41, 5.74) is 0.778. The zero-order valence-corrected chi connectivity index (χ0v) is 15.1. The van der Waals surface area contributed by atoms with E-state index in [1.54, 1.807) is 6.92 Å². The average molecular weight is 371 g/mol. The van der Waals surface area contributed by atoms with Gasteiger partial charge in [-0.05, 0) is 35.4 Å². The molecule has 0 heterocycles. The molecule has 3 rings (SSSR count). The van der Waals surface area contributed by atoms with Gasteiger partial charge < -0.3 is 4.52 Å². The van der Waals surface area contributed by atoms with Crippen LogP contribution in [-0.2, 0) is 15.3 Å². The van der Waals surface area contributed by atoms with Crippen molar-refractivity contribution in [3.8, 4) is 5.75 Å². The van der Waals surface area contributed by atoms with Crippen LogP contribution in [0.4, 0.5) is 5.69 Å². The van der Waals surface area contributed by atoms with Gasteiger partial charge in [0.25, 0.3) is 5.69 Å². The minimum absolute atomic E-state index is 0.0573. The zero-order valence-electron chi connectivity index (χ0n) is 14.2. The van der Waals surface area contributed by atoms with Crippen molar-refractivity contribution < 1.29 is 18.5 Å². The Labute approximate surface area is 151 Å². The molecule has 26 heavy (non-hydrogen) atoms. The second-order valence-corrected chi connectivity index (χ2v) is 7.69. The topological polar surface area (TPSA) is 78.7 Å². The molecule has 0 aliphatic rings. The number of nitrogens with zero attached hydrogens (tertiary/aromatic N) is 1. The lowest BCUT2D eigenvalue weighted by Gasteiger charge is -2.19. The third kappa shape index (κ3) is 4.28. The summed E-state index contributed by atoms with van der Waals surface area (Å²) in [5.74, 6) is 0.271. The summed E-state index contributed by atoms with van der Waals surface area (Å²) in [7, 11) is -3.45. The third-order valence-corrected chi connectivity index (χ3v) is 5.70. The van der Waals surface area contributed by atoms with Gasteiger partial charge >= 0.3 is 7.60 Å². The fourth-order valence-corrected chi connectivity index (χ4v) is 4.34. The quantitative estimate of drug-likeness (QED) is 0.309. The summed E-state index contributed by atoms with van der Waals surface area (Å²) >= 11 is 0. The average Bonchev–Trinajstić information content (AvgIpc) is 2.62. The van der Waals surface area contributed by atoms with Gasteiger partial charge in [-0.1, -0.05) is 42.5 Å². The van der Waals surface area contributed by atoms with E-state index in [0.717, 1.165) is 16.3 Å². The van der Waals surface area contributed by atoms with E-state index in [-0.39, 0.29) is 24.2 Å². The molecule has 0 unspecified atom stereocenters. The number of benzene rings is 3. The van der Waals surface area contributed by atoms with E-state index in [1.165, 1.54) is 24.3 Å². The normalized spacial score (nSPS) is 13.3. The van der Waals surface area contributed by atoms with Crippen LogP contribution in [0.1, 0.15) is 12.5 Å². The van der Waals surface area contributed by atoms with Gasteiger partial charge in [0.1, 0.15) is 5.75 Å². The molecule has 0 amide bonds. The Hall–Kier alpha value is -2.69. The molecule has 0 saturated heterocycles. The van der Waals surface area contributed by atoms with E-state index in [9.17, 15) is 14.7 Å². The summed E-state index contributed by atoms with van der Waals surface area (Å²) in [4.78, 5) is 10.2. The first-order chi connectivity index (χ1) is 12.5. The van der Waals surface area contributed by atoms with Gasteiger partial charge in [0, 0.05) is 12.1 Å². The Morgan fingerprint density at radius 1 is 1.00 bits per heavy atom. The predicted octanol–water partition coefficient (Wildman–Crippen LogP) is 5.56.